The highest BCUT2D eigenvalue weighted by Gasteiger charge is 2.41. The van der Waals surface area contributed by atoms with Crippen molar-refractivity contribution in [1.29, 1.82) is 0 Å². The van der Waals surface area contributed by atoms with Crippen LogP contribution in [-0.2, 0) is 18.1 Å². The van der Waals surface area contributed by atoms with E-state index in [0.29, 0.717) is 0 Å². The summed E-state index contributed by atoms with van der Waals surface area (Å²) >= 11 is 31.3. The van der Waals surface area contributed by atoms with Gasteiger partial charge in [0.15, 0.2) is 0 Å². The maximum Gasteiger partial charge on any atom is 0.475 e. The smallest absolute Gasteiger partial charge is 0.284 e. The summed E-state index contributed by atoms with van der Waals surface area (Å²) in [6.07, 6.45) is 0. The summed E-state index contributed by atoms with van der Waals surface area (Å²) in [5.41, 5.74) is 0. The van der Waals surface area contributed by atoms with Crippen LogP contribution in [0.5, 0.6) is 0 Å². The van der Waals surface area contributed by atoms with Gasteiger partial charge in [-0.2, -0.15) is 0 Å². The van der Waals surface area contributed by atoms with E-state index in [-0.39, 0.29) is 34.3 Å². The number of phosphoric ester groups is 1. The quantitative estimate of drug-likeness (QED) is 0.145. The van der Waals surface area contributed by atoms with Crippen LogP contribution in [-0.4, -0.2) is 44.0 Å². The van der Waals surface area contributed by atoms with Crippen molar-refractivity contribution in [3.63, 3.8) is 0 Å². The van der Waals surface area contributed by atoms with Crippen LogP contribution >= 0.6 is 151 Å². The molecule has 0 amide bonds. The van der Waals surface area contributed by atoms with Crippen molar-refractivity contribution in [3.8, 4) is 0 Å². The molecule has 0 N–H and O–H groups in total. The third-order valence-electron chi connectivity index (χ3n) is 2.99. The summed E-state index contributed by atoms with van der Waals surface area (Å²) < 4.78 is 28.0. The summed E-state index contributed by atoms with van der Waals surface area (Å²) in [6.45, 7) is 5.88. The fourth-order valence-electron chi connectivity index (χ4n) is 0.952. The van der Waals surface area contributed by atoms with Crippen molar-refractivity contribution in [3.05, 3.63) is 0 Å². The van der Waals surface area contributed by atoms with Crippen molar-refractivity contribution < 1.29 is 18.1 Å². The fourth-order valence-corrected chi connectivity index (χ4v) is 4.41. The minimum absolute atomic E-state index is 0.00791. The van der Waals surface area contributed by atoms with E-state index in [1.807, 2.05) is 20.8 Å². The van der Waals surface area contributed by atoms with Gasteiger partial charge in [-0.05, 0) is 0 Å². The van der Waals surface area contributed by atoms with Crippen LogP contribution in [0.4, 0.5) is 0 Å². The number of rotatable bonds is 12. The lowest BCUT2D eigenvalue weighted by atomic mass is 10.4. The molecule has 3 unspecified atom stereocenters. The lowest BCUT2D eigenvalue weighted by Gasteiger charge is -2.30. The molecule has 14 heteroatoms. The van der Waals surface area contributed by atoms with Crippen molar-refractivity contribution in [2.45, 2.75) is 45.0 Å². The Morgan fingerprint density at radius 1 is 0.654 bits per heavy atom. The third kappa shape index (κ3) is 11.3. The predicted octanol–water partition coefficient (Wildman–Crippen LogP) is 8.95. The molecule has 0 fully saturated rings. The Morgan fingerprint density at radius 2 is 0.846 bits per heavy atom. The number of hydrogen-bond acceptors (Lipinski definition) is 4. The molecule has 0 aromatic heterocycles. The maximum atomic E-state index is 13.2. The molecule has 0 aromatic rings. The molecule has 0 aliphatic heterocycles. The van der Waals surface area contributed by atoms with Gasteiger partial charge < -0.3 is 0 Å². The van der Waals surface area contributed by atoms with Crippen molar-refractivity contribution in [1.82, 2.24) is 0 Å². The van der Waals surface area contributed by atoms with Gasteiger partial charge in [-0.25, -0.2) is 4.57 Å². The molecule has 0 saturated heterocycles. The molecule has 0 bridgehead atoms. The molecule has 0 aliphatic carbocycles. The molecule has 0 radical (unpaired) electrons. The minimum atomic E-state index is -3.87. The van der Waals surface area contributed by atoms with Crippen molar-refractivity contribution in [2.24, 2.45) is 0 Å². The molecule has 158 valence electrons. The van der Waals surface area contributed by atoms with Crippen LogP contribution in [0, 0.1) is 0 Å². The highest BCUT2D eigenvalue weighted by atomic mass is 79.9. The highest BCUT2D eigenvalue weighted by Crippen LogP contribution is 2.55. The molecule has 4 nitrogen and oxygen atoms in total. The third-order valence-corrected chi connectivity index (χ3v) is 15.9. The molecule has 0 heterocycles. The Bertz CT molecular complexity index is 419. The zero-order chi connectivity index (χ0) is 21.0. The monoisotopic (exact) mass is 967 g/mol. The molecular weight excluding hydrogens is 958 g/mol. The van der Waals surface area contributed by atoms with Gasteiger partial charge in [0.25, 0.3) is 0 Å². The van der Waals surface area contributed by atoms with E-state index in [4.69, 9.17) is 13.6 Å². The van der Waals surface area contributed by atoms with Crippen molar-refractivity contribution in [2.75, 3.05) is 19.8 Å². The molecule has 26 heavy (non-hydrogen) atoms. The Balaban J connectivity index is 5.23. The van der Waals surface area contributed by atoms with Crippen LogP contribution in [0.15, 0.2) is 0 Å². The van der Waals surface area contributed by atoms with Gasteiger partial charge in [0, 0.05) is 14.5 Å². The van der Waals surface area contributed by atoms with Gasteiger partial charge in [0.2, 0.25) is 0 Å². The zero-order valence-corrected chi connectivity index (χ0v) is 29.0. The first kappa shape index (κ1) is 30.4. The summed E-state index contributed by atoms with van der Waals surface area (Å²) in [4.78, 5) is -0.0237. The van der Waals surface area contributed by atoms with Gasteiger partial charge in [-0.1, -0.05) is 164 Å². The Hall–Kier alpha value is 4.43. The molecule has 0 aliphatic rings. The summed E-state index contributed by atoms with van der Waals surface area (Å²) in [5.74, 6) is 0. The van der Waals surface area contributed by atoms with Crippen LogP contribution < -0.4 is 0 Å². The van der Waals surface area contributed by atoms with E-state index >= 15 is 0 Å². The SMILES string of the molecule is CC(Br)C(Br)(Br)COP(=O)(OCC(Br)(Br)C(C)Br)OCC(Br)(Br)C(C)Br. The lowest BCUT2D eigenvalue weighted by molar-refractivity contribution is 0.111. The molecule has 0 spiro atoms. The van der Waals surface area contributed by atoms with Crippen LogP contribution in [0.3, 0.4) is 0 Å². The first-order chi connectivity index (χ1) is 11.5. The Kier molecular flexibility index (Phi) is 14.8. The van der Waals surface area contributed by atoms with E-state index in [2.05, 4.69) is 143 Å². The first-order valence-electron chi connectivity index (χ1n) is 7.04. The molecule has 0 aromatic carbocycles. The van der Waals surface area contributed by atoms with E-state index in [9.17, 15) is 4.57 Å². The minimum Gasteiger partial charge on any atom is -0.284 e. The van der Waals surface area contributed by atoms with E-state index in [0.717, 1.165) is 0 Å². The Morgan fingerprint density at radius 3 is 1.00 bits per heavy atom. The van der Waals surface area contributed by atoms with E-state index in [1.54, 1.807) is 0 Å². The van der Waals surface area contributed by atoms with E-state index < -0.39 is 17.5 Å². The molecule has 0 saturated carbocycles. The normalized spacial score (nSPS) is 19.7. The van der Waals surface area contributed by atoms with Crippen molar-refractivity contribution >= 4 is 151 Å². The molecule has 0 rings (SSSR count). The van der Waals surface area contributed by atoms with Gasteiger partial charge >= 0.3 is 7.82 Å². The average Bonchev–Trinajstić information content (AvgIpc) is 2.49. The second-order valence-corrected chi connectivity index (χ2v) is 22.9. The first-order valence-corrected chi connectivity index (χ1v) is 16.0. The number of halogens is 9. The number of phosphoric acid groups is 1. The van der Waals surface area contributed by atoms with Gasteiger partial charge in [-0.15, -0.1) is 0 Å². The van der Waals surface area contributed by atoms with Gasteiger partial charge in [0.1, 0.15) is 9.70 Å². The molecular formula is C12H18Br9O4P. The second kappa shape index (κ2) is 12.6. The van der Waals surface area contributed by atoms with Gasteiger partial charge in [0.05, 0.1) is 19.8 Å². The number of hydrogen-bond donors (Lipinski definition) is 0. The predicted molar refractivity (Wildman–Crippen MR) is 142 cm³/mol. The highest BCUT2D eigenvalue weighted by molar-refractivity contribution is 9.27. The van der Waals surface area contributed by atoms with Crippen LogP contribution in [0.25, 0.3) is 0 Å². The topological polar surface area (TPSA) is 44.8 Å². The Labute approximate surface area is 230 Å². The lowest BCUT2D eigenvalue weighted by Crippen LogP contribution is -2.32. The molecule has 3 atom stereocenters. The summed E-state index contributed by atoms with van der Waals surface area (Å²) in [7, 11) is -3.87. The van der Waals surface area contributed by atoms with Crippen LogP contribution in [0.1, 0.15) is 20.8 Å². The summed E-state index contributed by atoms with van der Waals surface area (Å²) in [5, 5.41) is 0. The average molecular weight is 976 g/mol. The largest absolute Gasteiger partial charge is 0.475 e. The standard InChI is InChI=1S/C12H18Br9O4P/c1-7(13)10(16,17)4-23-26(22,24-5-11(18,19)8(2)14)25-6-12(20,21)9(3)15/h7-9H,4-6H2,1-3H3. The summed E-state index contributed by atoms with van der Waals surface area (Å²) in [6, 6.07) is 0. The van der Waals surface area contributed by atoms with E-state index in [1.165, 1.54) is 0 Å². The van der Waals surface area contributed by atoms with Crippen LogP contribution in [0.2, 0.25) is 0 Å². The second-order valence-electron chi connectivity index (χ2n) is 5.40. The zero-order valence-electron chi connectivity index (χ0n) is 13.8. The number of alkyl halides is 9. The maximum absolute atomic E-state index is 13.2. The van der Waals surface area contributed by atoms with Gasteiger partial charge in [-0.3, -0.25) is 13.6 Å². The fraction of sp³-hybridized carbons (Fsp3) is 1.00.